The molecular formula is C12H19N3O. The molecule has 2 atom stereocenters. The van der Waals surface area contributed by atoms with Gasteiger partial charge >= 0.3 is 0 Å². The second-order valence-corrected chi connectivity index (χ2v) is 4.51. The number of rotatable bonds is 3. The Morgan fingerprint density at radius 3 is 3.06 bits per heavy atom. The predicted molar refractivity (Wildman–Crippen MR) is 65.4 cm³/mol. The van der Waals surface area contributed by atoms with Crippen LogP contribution in [0.5, 0.6) is 0 Å². The summed E-state index contributed by atoms with van der Waals surface area (Å²) in [7, 11) is 1.75. The van der Waals surface area contributed by atoms with Crippen LogP contribution in [0.2, 0.25) is 0 Å². The highest BCUT2D eigenvalue weighted by atomic mass is 16.5. The molecule has 0 spiro atoms. The lowest BCUT2D eigenvalue weighted by atomic mass is 10.00. The van der Waals surface area contributed by atoms with E-state index >= 15 is 0 Å². The maximum Gasteiger partial charge on any atom is 0.151 e. The minimum atomic E-state index is 0.575. The number of nitrogens with two attached hydrogens (primary N) is 1. The minimum Gasteiger partial charge on any atom is -0.396 e. The molecule has 1 aliphatic rings. The molecule has 0 amide bonds. The van der Waals surface area contributed by atoms with Gasteiger partial charge in [-0.1, -0.05) is 6.92 Å². The fourth-order valence-corrected chi connectivity index (χ4v) is 2.31. The highest BCUT2D eigenvalue weighted by molar-refractivity contribution is 5.62. The quantitative estimate of drug-likeness (QED) is 0.838. The number of anilines is 2. The monoisotopic (exact) mass is 221 g/mol. The Balaban J connectivity index is 2.11. The number of hydrogen-bond acceptors (Lipinski definition) is 4. The lowest BCUT2D eigenvalue weighted by molar-refractivity contribution is 0.144. The van der Waals surface area contributed by atoms with Gasteiger partial charge in [0.25, 0.3) is 0 Å². The van der Waals surface area contributed by atoms with E-state index in [2.05, 4.69) is 16.8 Å². The Morgan fingerprint density at radius 2 is 2.38 bits per heavy atom. The lowest BCUT2D eigenvalue weighted by Crippen LogP contribution is -2.23. The third-order valence-corrected chi connectivity index (χ3v) is 3.27. The van der Waals surface area contributed by atoms with Crippen molar-refractivity contribution in [2.24, 2.45) is 11.8 Å². The molecule has 2 heterocycles. The van der Waals surface area contributed by atoms with Crippen molar-refractivity contribution in [3.05, 3.63) is 18.3 Å². The molecule has 0 bridgehead atoms. The van der Waals surface area contributed by atoms with Gasteiger partial charge in [0, 0.05) is 32.3 Å². The van der Waals surface area contributed by atoms with Crippen LogP contribution in [0.1, 0.15) is 6.92 Å². The van der Waals surface area contributed by atoms with Gasteiger partial charge in [-0.2, -0.15) is 0 Å². The van der Waals surface area contributed by atoms with E-state index in [1.165, 1.54) is 0 Å². The molecule has 0 saturated carbocycles. The molecule has 1 saturated heterocycles. The van der Waals surface area contributed by atoms with Gasteiger partial charge in [-0.25, -0.2) is 4.98 Å². The Kier molecular flexibility index (Phi) is 3.29. The molecule has 1 fully saturated rings. The van der Waals surface area contributed by atoms with Gasteiger partial charge in [-0.3, -0.25) is 0 Å². The third kappa shape index (κ3) is 2.11. The van der Waals surface area contributed by atoms with E-state index in [4.69, 9.17) is 10.5 Å². The number of ether oxygens (including phenoxy) is 1. The summed E-state index contributed by atoms with van der Waals surface area (Å²) in [5.41, 5.74) is 6.69. The first kappa shape index (κ1) is 11.2. The summed E-state index contributed by atoms with van der Waals surface area (Å²) < 4.78 is 5.23. The van der Waals surface area contributed by atoms with Crippen LogP contribution in [0, 0.1) is 11.8 Å². The summed E-state index contributed by atoms with van der Waals surface area (Å²) >= 11 is 0. The van der Waals surface area contributed by atoms with E-state index in [-0.39, 0.29) is 0 Å². The van der Waals surface area contributed by atoms with Crippen LogP contribution in [-0.4, -0.2) is 31.8 Å². The summed E-state index contributed by atoms with van der Waals surface area (Å²) in [6.07, 6.45) is 1.79. The molecule has 2 N–H and O–H groups in total. The van der Waals surface area contributed by atoms with E-state index < -0.39 is 0 Å². The Morgan fingerprint density at radius 1 is 1.56 bits per heavy atom. The van der Waals surface area contributed by atoms with E-state index in [9.17, 15) is 0 Å². The van der Waals surface area contributed by atoms with Gasteiger partial charge in [0.15, 0.2) is 5.82 Å². The van der Waals surface area contributed by atoms with Crippen molar-refractivity contribution in [1.29, 1.82) is 0 Å². The van der Waals surface area contributed by atoms with E-state index in [1.54, 1.807) is 13.3 Å². The summed E-state index contributed by atoms with van der Waals surface area (Å²) in [4.78, 5) is 6.60. The van der Waals surface area contributed by atoms with Gasteiger partial charge < -0.3 is 15.4 Å². The summed E-state index contributed by atoms with van der Waals surface area (Å²) in [5.74, 6) is 2.11. The average Bonchev–Trinajstić information content (AvgIpc) is 2.61. The topological polar surface area (TPSA) is 51.4 Å². The SMILES string of the molecule is COC[C@H]1CN(c2ncccc2N)C[C@H]1C. The first-order valence-corrected chi connectivity index (χ1v) is 5.66. The molecule has 1 aromatic heterocycles. The highest BCUT2D eigenvalue weighted by Gasteiger charge is 2.30. The molecule has 0 aliphatic carbocycles. The van der Waals surface area contributed by atoms with Crippen LogP contribution in [0.3, 0.4) is 0 Å². The van der Waals surface area contributed by atoms with E-state index in [0.29, 0.717) is 11.8 Å². The zero-order chi connectivity index (χ0) is 11.5. The van der Waals surface area contributed by atoms with Crippen molar-refractivity contribution in [3.8, 4) is 0 Å². The minimum absolute atomic E-state index is 0.575. The molecule has 0 aromatic carbocycles. The van der Waals surface area contributed by atoms with Crippen molar-refractivity contribution in [3.63, 3.8) is 0 Å². The van der Waals surface area contributed by atoms with Crippen molar-refractivity contribution >= 4 is 11.5 Å². The summed E-state index contributed by atoms with van der Waals surface area (Å²) in [5, 5.41) is 0. The first-order chi connectivity index (χ1) is 7.72. The normalized spacial score (nSPS) is 25.0. The maximum absolute atomic E-state index is 5.93. The number of nitrogen functional groups attached to an aromatic ring is 1. The Hall–Kier alpha value is -1.29. The zero-order valence-electron chi connectivity index (χ0n) is 9.89. The second-order valence-electron chi connectivity index (χ2n) is 4.51. The number of aromatic nitrogens is 1. The van der Waals surface area contributed by atoms with Gasteiger partial charge in [-0.05, 0) is 18.1 Å². The zero-order valence-corrected chi connectivity index (χ0v) is 9.89. The first-order valence-electron chi connectivity index (χ1n) is 5.66. The molecule has 0 radical (unpaired) electrons. The Labute approximate surface area is 96.4 Å². The summed E-state index contributed by atoms with van der Waals surface area (Å²) in [6, 6.07) is 3.77. The lowest BCUT2D eigenvalue weighted by Gasteiger charge is -2.18. The molecule has 1 aromatic rings. The standard InChI is InChI=1S/C12H19N3O/c1-9-6-15(7-10(9)8-16-2)12-11(13)4-3-5-14-12/h3-5,9-10H,6-8,13H2,1-2H3/t9-,10-/m1/s1. The molecule has 16 heavy (non-hydrogen) atoms. The van der Waals surface area contributed by atoms with Gasteiger partial charge in [0.05, 0.1) is 12.3 Å². The number of nitrogens with zero attached hydrogens (tertiary/aromatic N) is 2. The molecular weight excluding hydrogens is 202 g/mol. The van der Waals surface area contributed by atoms with Crippen LogP contribution >= 0.6 is 0 Å². The molecule has 88 valence electrons. The van der Waals surface area contributed by atoms with Crippen molar-refractivity contribution < 1.29 is 4.74 Å². The fourth-order valence-electron chi connectivity index (χ4n) is 2.31. The van der Waals surface area contributed by atoms with E-state index in [0.717, 1.165) is 31.2 Å². The van der Waals surface area contributed by atoms with Crippen LogP contribution < -0.4 is 10.6 Å². The smallest absolute Gasteiger partial charge is 0.151 e. The van der Waals surface area contributed by atoms with Crippen LogP contribution in [-0.2, 0) is 4.74 Å². The predicted octanol–water partition coefficient (Wildman–Crippen LogP) is 1.38. The maximum atomic E-state index is 5.93. The van der Waals surface area contributed by atoms with Gasteiger partial charge in [0.1, 0.15) is 0 Å². The van der Waals surface area contributed by atoms with Gasteiger partial charge in [-0.15, -0.1) is 0 Å². The van der Waals surface area contributed by atoms with Crippen LogP contribution in [0.4, 0.5) is 11.5 Å². The van der Waals surface area contributed by atoms with Crippen molar-refractivity contribution in [2.45, 2.75) is 6.92 Å². The largest absolute Gasteiger partial charge is 0.396 e. The number of methoxy groups -OCH3 is 1. The highest BCUT2D eigenvalue weighted by Crippen LogP contribution is 2.29. The van der Waals surface area contributed by atoms with Crippen molar-refractivity contribution in [1.82, 2.24) is 4.98 Å². The molecule has 4 nitrogen and oxygen atoms in total. The molecule has 2 rings (SSSR count). The van der Waals surface area contributed by atoms with Crippen LogP contribution in [0.15, 0.2) is 18.3 Å². The molecule has 1 aliphatic heterocycles. The molecule has 4 heteroatoms. The third-order valence-electron chi connectivity index (χ3n) is 3.27. The number of pyridine rings is 1. The van der Waals surface area contributed by atoms with Gasteiger partial charge in [0.2, 0.25) is 0 Å². The average molecular weight is 221 g/mol. The number of hydrogen-bond donors (Lipinski definition) is 1. The van der Waals surface area contributed by atoms with E-state index in [1.807, 2.05) is 12.1 Å². The Bertz CT molecular complexity index is 356. The van der Waals surface area contributed by atoms with Crippen molar-refractivity contribution in [2.75, 3.05) is 37.4 Å². The fraction of sp³-hybridized carbons (Fsp3) is 0.583. The van der Waals surface area contributed by atoms with Crippen LogP contribution in [0.25, 0.3) is 0 Å². The second kappa shape index (κ2) is 4.70. The summed E-state index contributed by atoms with van der Waals surface area (Å²) in [6.45, 7) is 5.05. The molecule has 0 unspecified atom stereocenters.